The lowest BCUT2D eigenvalue weighted by Gasteiger charge is -2.09. The number of rotatable bonds is 1. The SMILES string of the molecule is CCC1OC(C)CC1I. The zero-order valence-electron chi connectivity index (χ0n) is 5.93. The zero-order valence-corrected chi connectivity index (χ0v) is 8.09. The van der Waals surface area contributed by atoms with Gasteiger partial charge < -0.3 is 4.74 Å². The molecule has 3 atom stereocenters. The predicted octanol–water partition coefficient (Wildman–Crippen LogP) is 2.38. The summed E-state index contributed by atoms with van der Waals surface area (Å²) in [4.78, 5) is 0. The third-order valence-electron chi connectivity index (χ3n) is 1.77. The molecule has 0 radical (unpaired) electrons. The monoisotopic (exact) mass is 240 g/mol. The van der Waals surface area contributed by atoms with Crippen molar-refractivity contribution < 1.29 is 4.74 Å². The molecular formula is C7H13IO. The fourth-order valence-electron chi connectivity index (χ4n) is 1.26. The molecule has 0 aromatic rings. The Morgan fingerprint density at radius 1 is 1.67 bits per heavy atom. The average Bonchev–Trinajstić information content (AvgIpc) is 2.10. The number of alkyl halides is 1. The number of hydrogen-bond donors (Lipinski definition) is 0. The first-order valence-electron chi connectivity index (χ1n) is 3.53. The van der Waals surface area contributed by atoms with Gasteiger partial charge in [0, 0.05) is 3.92 Å². The van der Waals surface area contributed by atoms with Crippen LogP contribution in [0.25, 0.3) is 0 Å². The van der Waals surface area contributed by atoms with Crippen molar-refractivity contribution in [3.63, 3.8) is 0 Å². The fraction of sp³-hybridized carbons (Fsp3) is 1.00. The second-order valence-electron chi connectivity index (χ2n) is 2.65. The molecule has 0 aromatic carbocycles. The van der Waals surface area contributed by atoms with Gasteiger partial charge in [0.2, 0.25) is 0 Å². The van der Waals surface area contributed by atoms with Crippen molar-refractivity contribution in [1.29, 1.82) is 0 Å². The molecule has 1 heterocycles. The van der Waals surface area contributed by atoms with Gasteiger partial charge in [-0.2, -0.15) is 0 Å². The third kappa shape index (κ3) is 1.80. The van der Waals surface area contributed by atoms with Crippen molar-refractivity contribution in [3.8, 4) is 0 Å². The first-order valence-corrected chi connectivity index (χ1v) is 4.78. The van der Waals surface area contributed by atoms with Gasteiger partial charge in [0.1, 0.15) is 0 Å². The third-order valence-corrected chi connectivity index (χ3v) is 3.08. The van der Waals surface area contributed by atoms with Gasteiger partial charge in [0.25, 0.3) is 0 Å². The molecule has 0 spiro atoms. The topological polar surface area (TPSA) is 9.23 Å². The predicted molar refractivity (Wildman–Crippen MR) is 47.1 cm³/mol. The average molecular weight is 240 g/mol. The van der Waals surface area contributed by atoms with Gasteiger partial charge in [-0.1, -0.05) is 29.5 Å². The molecule has 9 heavy (non-hydrogen) atoms. The molecule has 1 fully saturated rings. The van der Waals surface area contributed by atoms with Gasteiger partial charge >= 0.3 is 0 Å². The molecule has 1 rings (SSSR count). The maximum Gasteiger partial charge on any atom is 0.0694 e. The molecule has 1 aliphatic rings. The summed E-state index contributed by atoms with van der Waals surface area (Å²) in [6.45, 7) is 4.34. The van der Waals surface area contributed by atoms with Crippen LogP contribution in [0.4, 0.5) is 0 Å². The second kappa shape index (κ2) is 3.19. The highest BCUT2D eigenvalue weighted by Gasteiger charge is 2.28. The van der Waals surface area contributed by atoms with Crippen LogP contribution < -0.4 is 0 Å². The summed E-state index contributed by atoms with van der Waals surface area (Å²) in [7, 11) is 0. The second-order valence-corrected chi connectivity index (χ2v) is 4.25. The Labute approximate surface area is 70.3 Å². The zero-order chi connectivity index (χ0) is 6.85. The molecule has 0 amide bonds. The Bertz CT molecular complexity index is 94.9. The molecular weight excluding hydrogens is 227 g/mol. The molecule has 54 valence electrons. The summed E-state index contributed by atoms with van der Waals surface area (Å²) < 4.78 is 6.37. The molecule has 3 unspecified atom stereocenters. The van der Waals surface area contributed by atoms with Gasteiger partial charge in [-0.3, -0.25) is 0 Å². The minimum absolute atomic E-state index is 0.497. The highest BCUT2D eigenvalue weighted by molar-refractivity contribution is 14.1. The van der Waals surface area contributed by atoms with Gasteiger partial charge in [0.15, 0.2) is 0 Å². The van der Waals surface area contributed by atoms with Crippen LogP contribution in [0.5, 0.6) is 0 Å². The summed E-state index contributed by atoms with van der Waals surface area (Å²) in [6, 6.07) is 0. The maximum atomic E-state index is 5.62. The first-order chi connectivity index (χ1) is 4.24. The van der Waals surface area contributed by atoms with Gasteiger partial charge in [-0.25, -0.2) is 0 Å². The van der Waals surface area contributed by atoms with Crippen LogP contribution >= 0.6 is 22.6 Å². The largest absolute Gasteiger partial charge is 0.374 e. The van der Waals surface area contributed by atoms with Crippen molar-refractivity contribution in [2.24, 2.45) is 0 Å². The quantitative estimate of drug-likeness (QED) is 0.505. The van der Waals surface area contributed by atoms with E-state index in [9.17, 15) is 0 Å². The highest BCUT2D eigenvalue weighted by Crippen LogP contribution is 2.28. The van der Waals surface area contributed by atoms with Crippen LogP contribution in [-0.4, -0.2) is 16.1 Å². The van der Waals surface area contributed by atoms with Crippen molar-refractivity contribution in [1.82, 2.24) is 0 Å². The molecule has 1 saturated heterocycles. The molecule has 0 saturated carbocycles. The van der Waals surface area contributed by atoms with Crippen molar-refractivity contribution in [2.45, 2.75) is 42.8 Å². The van der Waals surface area contributed by atoms with Crippen LogP contribution in [0.15, 0.2) is 0 Å². The van der Waals surface area contributed by atoms with E-state index in [1.165, 1.54) is 6.42 Å². The van der Waals surface area contributed by atoms with Crippen LogP contribution in [0.2, 0.25) is 0 Å². The van der Waals surface area contributed by atoms with Crippen LogP contribution in [-0.2, 0) is 4.74 Å². The standard InChI is InChI=1S/C7H13IO/c1-3-7-6(8)4-5(2)9-7/h5-7H,3-4H2,1-2H3. The Morgan fingerprint density at radius 3 is 2.56 bits per heavy atom. The Hall–Kier alpha value is 0.690. The molecule has 0 aromatic heterocycles. The Morgan fingerprint density at radius 2 is 2.33 bits per heavy atom. The van der Waals surface area contributed by atoms with E-state index in [-0.39, 0.29) is 0 Å². The van der Waals surface area contributed by atoms with E-state index in [1.54, 1.807) is 0 Å². The van der Waals surface area contributed by atoms with E-state index in [0.717, 1.165) is 10.3 Å². The number of hydrogen-bond acceptors (Lipinski definition) is 1. The highest BCUT2D eigenvalue weighted by atomic mass is 127. The minimum Gasteiger partial charge on any atom is -0.374 e. The Kier molecular flexibility index (Phi) is 2.76. The number of halogens is 1. The van der Waals surface area contributed by atoms with E-state index in [1.807, 2.05) is 0 Å². The van der Waals surface area contributed by atoms with Crippen LogP contribution in [0.1, 0.15) is 26.7 Å². The van der Waals surface area contributed by atoms with E-state index < -0.39 is 0 Å². The van der Waals surface area contributed by atoms with Crippen molar-refractivity contribution in [2.75, 3.05) is 0 Å². The molecule has 2 heteroatoms. The number of ether oxygens (including phenoxy) is 1. The lowest BCUT2D eigenvalue weighted by molar-refractivity contribution is 0.0561. The summed E-state index contributed by atoms with van der Waals surface area (Å²) >= 11 is 2.48. The fourth-order valence-corrected chi connectivity index (χ4v) is 2.65. The van der Waals surface area contributed by atoms with Crippen molar-refractivity contribution >= 4 is 22.6 Å². The van der Waals surface area contributed by atoms with Gasteiger partial charge in [-0.15, -0.1) is 0 Å². The molecule has 0 N–H and O–H groups in total. The maximum absolute atomic E-state index is 5.62. The lowest BCUT2D eigenvalue weighted by atomic mass is 10.2. The normalized spacial score (nSPS) is 43.7. The lowest BCUT2D eigenvalue weighted by Crippen LogP contribution is -2.13. The smallest absolute Gasteiger partial charge is 0.0694 e. The first kappa shape index (κ1) is 7.79. The van der Waals surface area contributed by atoms with E-state index in [0.29, 0.717) is 12.2 Å². The van der Waals surface area contributed by atoms with E-state index in [4.69, 9.17) is 4.74 Å². The van der Waals surface area contributed by atoms with E-state index in [2.05, 4.69) is 36.4 Å². The minimum atomic E-state index is 0.497. The Balaban J connectivity index is 2.38. The van der Waals surface area contributed by atoms with Crippen molar-refractivity contribution in [3.05, 3.63) is 0 Å². The molecule has 1 nitrogen and oxygen atoms in total. The van der Waals surface area contributed by atoms with Crippen LogP contribution in [0.3, 0.4) is 0 Å². The molecule has 1 aliphatic heterocycles. The van der Waals surface area contributed by atoms with Gasteiger partial charge in [-0.05, 0) is 19.8 Å². The summed E-state index contributed by atoms with van der Waals surface area (Å²) in [5, 5.41) is 0. The summed E-state index contributed by atoms with van der Waals surface area (Å²) in [5.41, 5.74) is 0. The van der Waals surface area contributed by atoms with Gasteiger partial charge in [0.05, 0.1) is 12.2 Å². The summed E-state index contributed by atoms with van der Waals surface area (Å²) in [5.74, 6) is 0. The van der Waals surface area contributed by atoms with E-state index >= 15 is 0 Å². The molecule has 0 aliphatic carbocycles. The molecule has 0 bridgehead atoms. The van der Waals surface area contributed by atoms with Crippen LogP contribution in [0, 0.1) is 0 Å². The summed E-state index contributed by atoms with van der Waals surface area (Å²) in [6.07, 6.45) is 3.43.